The Hall–Kier alpha value is -0.120. The van der Waals surface area contributed by atoms with Gasteiger partial charge in [0.05, 0.1) is 17.7 Å². The Morgan fingerprint density at radius 3 is 2.42 bits per heavy atom. The third-order valence-corrected chi connectivity index (χ3v) is 2.63. The molecule has 3 nitrogen and oxygen atoms in total. The molecule has 0 bridgehead atoms. The topological polar surface area (TPSA) is 32.7 Å². The molecule has 3 atom stereocenters. The van der Waals surface area contributed by atoms with Gasteiger partial charge in [-0.3, -0.25) is 0 Å². The summed E-state index contributed by atoms with van der Waals surface area (Å²) < 4.78 is 5.49. The van der Waals surface area contributed by atoms with E-state index in [4.69, 9.17) is 4.74 Å². The van der Waals surface area contributed by atoms with Gasteiger partial charge in [-0.2, -0.15) is 0 Å². The van der Waals surface area contributed by atoms with Crippen molar-refractivity contribution in [3.8, 4) is 0 Å². The predicted octanol–water partition coefficient (Wildman–Crippen LogP) is 0.476. The van der Waals surface area contributed by atoms with Crippen LogP contribution >= 0.6 is 0 Å². The number of ether oxygens (including phenoxy) is 1. The van der Waals surface area contributed by atoms with Crippen LogP contribution in [0.3, 0.4) is 0 Å². The van der Waals surface area contributed by atoms with E-state index in [1.54, 1.807) is 0 Å². The quantitative estimate of drug-likeness (QED) is 0.626. The minimum Gasteiger partial charge on any atom is -0.388 e. The summed E-state index contributed by atoms with van der Waals surface area (Å²) in [4.78, 5) is 2.03. The van der Waals surface area contributed by atoms with Crippen LogP contribution in [0.15, 0.2) is 0 Å². The molecule has 3 unspecified atom stereocenters. The molecule has 0 aromatic heterocycles. The zero-order valence-electron chi connectivity index (χ0n) is 8.37. The number of hydrogen-bond acceptors (Lipinski definition) is 3. The molecule has 0 saturated carbocycles. The van der Waals surface area contributed by atoms with Crippen molar-refractivity contribution in [3.05, 3.63) is 0 Å². The van der Waals surface area contributed by atoms with Gasteiger partial charge in [0.15, 0.2) is 0 Å². The second-order valence-corrected chi connectivity index (χ2v) is 4.09. The van der Waals surface area contributed by atoms with Gasteiger partial charge >= 0.3 is 0 Å². The Labute approximate surface area is 74.3 Å². The van der Waals surface area contributed by atoms with Crippen molar-refractivity contribution in [2.45, 2.75) is 38.0 Å². The Balaban J connectivity index is 2.74. The van der Waals surface area contributed by atoms with Crippen molar-refractivity contribution in [2.75, 3.05) is 20.7 Å². The average Bonchev–Trinajstić information content (AvgIpc) is 1.82. The van der Waals surface area contributed by atoms with Crippen LogP contribution in [0.2, 0.25) is 0 Å². The lowest BCUT2D eigenvalue weighted by molar-refractivity contribution is -0.142. The summed E-state index contributed by atoms with van der Waals surface area (Å²) in [5.41, 5.74) is -0.610. The van der Waals surface area contributed by atoms with Crippen molar-refractivity contribution >= 4 is 0 Å². The Bertz CT molecular complexity index is 157. The predicted molar refractivity (Wildman–Crippen MR) is 48.1 cm³/mol. The van der Waals surface area contributed by atoms with E-state index < -0.39 is 5.60 Å². The Kier molecular flexibility index (Phi) is 2.76. The molecule has 1 N–H and O–H groups in total. The molecule has 1 aliphatic heterocycles. The monoisotopic (exact) mass is 173 g/mol. The molecule has 0 amide bonds. The van der Waals surface area contributed by atoms with Crippen molar-refractivity contribution in [1.29, 1.82) is 0 Å². The van der Waals surface area contributed by atoms with Crippen molar-refractivity contribution in [2.24, 2.45) is 0 Å². The van der Waals surface area contributed by atoms with E-state index in [0.29, 0.717) is 6.61 Å². The smallest absolute Gasteiger partial charge is 0.0821 e. The lowest BCUT2D eigenvalue weighted by atomic mass is 9.86. The fourth-order valence-corrected chi connectivity index (χ4v) is 2.17. The number of nitrogens with zero attached hydrogens (tertiary/aromatic N) is 1. The van der Waals surface area contributed by atoms with Gasteiger partial charge in [0, 0.05) is 13.0 Å². The minimum absolute atomic E-state index is 0.103. The van der Waals surface area contributed by atoms with Gasteiger partial charge in [-0.15, -0.1) is 0 Å². The highest BCUT2D eigenvalue weighted by atomic mass is 16.5. The van der Waals surface area contributed by atoms with Crippen LogP contribution in [0.25, 0.3) is 0 Å². The van der Waals surface area contributed by atoms with Crippen LogP contribution in [0, 0.1) is 0 Å². The van der Waals surface area contributed by atoms with E-state index in [9.17, 15) is 5.11 Å². The second kappa shape index (κ2) is 3.32. The van der Waals surface area contributed by atoms with Gasteiger partial charge in [-0.05, 0) is 27.9 Å². The molecule has 0 aliphatic carbocycles. The number of rotatable bonds is 1. The highest BCUT2D eigenvalue weighted by Gasteiger charge is 2.40. The molecule has 12 heavy (non-hydrogen) atoms. The Morgan fingerprint density at radius 1 is 1.50 bits per heavy atom. The summed E-state index contributed by atoms with van der Waals surface area (Å²) in [5.74, 6) is 0. The van der Waals surface area contributed by atoms with E-state index in [0.717, 1.165) is 6.42 Å². The van der Waals surface area contributed by atoms with E-state index in [2.05, 4.69) is 0 Å². The molecule has 3 heteroatoms. The summed E-state index contributed by atoms with van der Waals surface area (Å²) in [5, 5.41) is 10.1. The van der Waals surface area contributed by atoms with E-state index in [-0.39, 0.29) is 12.1 Å². The van der Waals surface area contributed by atoms with E-state index in [1.165, 1.54) is 0 Å². The first-order valence-electron chi connectivity index (χ1n) is 4.45. The van der Waals surface area contributed by atoms with Crippen LogP contribution in [-0.4, -0.2) is 48.5 Å². The van der Waals surface area contributed by atoms with E-state index >= 15 is 0 Å². The maximum absolute atomic E-state index is 10.1. The molecule has 0 aromatic rings. The molecule has 1 saturated heterocycles. The molecule has 0 radical (unpaired) electrons. The summed E-state index contributed by atoms with van der Waals surface area (Å²) >= 11 is 0. The largest absolute Gasteiger partial charge is 0.388 e. The molecular formula is C9H19NO2. The van der Waals surface area contributed by atoms with Crippen LogP contribution in [0.1, 0.15) is 20.3 Å². The first-order valence-corrected chi connectivity index (χ1v) is 4.45. The Morgan fingerprint density at radius 2 is 2.08 bits per heavy atom. The first kappa shape index (κ1) is 9.96. The van der Waals surface area contributed by atoms with Crippen molar-refractivity contribution in [3.63, 3.8) is 0 Å². The number of hydrogen-bond donors (Lipinski definition) is 1. The van der Waals surface area contributed by atoms with Crippen molar-refractivity contribution in [1.82, 2.24) is 4.90 Å². The number of aliphatic hydroxyl groups is 1. The zero-order valence-corrected chi connectivity index (χ0v) is 8.37. The zero-order chi connectivity index (χ0) is 9.35. The maximum atomic E-state index is 10.1. The van der Waals surface area contributed by atoms with Crippen molar-refractivity contribution < 1.29 is 9.84 Å². The standard InChI is InChI=1S/C9H19NO2/c1-7-8(10(3)4)9(2,11)5-6-12-7/h7-8,11H,5-6H2,1-4H3. The molecule has 1 heterocycles. The lowest BCUT2D eigenvalue weighted by Gasteiger charge is -2.44. The van der Waals surface area contributed by atoms with Crippen LogP contribution in [0.5, 0.6) is 0 Å². The van der Waals surface area contributed by atoms with Crippen LogP contribution in [0.4, 0.5) is 0 Å². The molecule has 1 fully saturated rings. The highest BCUT2D eigenvalue weighted by Crippen LogP contribution is 2.27. The van der Waals surface area contributed by atoms with Gasteiger partial charge in [-0.1, -0.05) is 0 Å². The van der Waals surface area contributed by atoms with Gasteiger partial charge in [0.1, 0.15) is 0 Å². The maximum Gasteiger partial charge on any atom is 0.0821 e. The number of likely N-dealkylation sites (N-methyl/N-ethyl adjacent to an activating group) is 1. The summed E-state index contributed by atoms with van der Waals surface area (Å²) in [6, 6.07) is 0.103. The summed E-state index contributed by atoms with van der Waals surface area (Å²) in [6.45, 7) is 4.56. The van der Waals surface area contributed by atoms with Crippen LogP contribution in [-0.2, 0) is 4.74 Å². The minimum atomic E-state index is -0.610. The molecule has 1 rings (SSSR count). The summed E-state index contributed by atoms with van der Waals surface area (Å²) in [7, 11) is 3.95. The molecule has 0 spiro atoms. The third kappa shape index (κ3) is 1.79. The molecular weight excluding hydrogens is 154 g/mol. The second-order valence-electron chi connectivity index (χ2n) is 4.09. The third-order valence-electron chi connectivity index (χ3n) is 2.63. The van der Waals surface area contributed by atoms with Gasteiger partial charge in [-0.25, -0.2) is 0 Å². The van der Waals surface area contributed by atoms with Gasteiger partial charge in [0.25, 0.3) is 0 Å². The van der Waals surface area contributed by atoms with E-state index in [1.807, 2.05) is 32.8 Å². The SMILES string of the molecule is CC1OCCC(C)(O)C1N(C)C. The first-order chi connectivity index (χ1) is 5.45. The fourth-order valence-electron chi connectivity index (χ4n) is 2.17. The normalized spacial score (nSPS) is 43.5. The van der Waals surface area contributed by atoms with Gasteiger partial charge < -0.3 is 14.7 Å². The van der Waals surface area contributed by atoms with Crippen LogP contribution < -0.4 is 0 Å². The molecule has 72 valence electrons. The lowest BCUT2D eigenvalue weighted by Crippen LogP contribution is -2.58. The molecule has 1 aliphatic rings. The summed E-state index contributed by atoms with van der Waals surface area (Å²) in [6.07, 6.45) is 0.837. The molecule has 0 aromatic carbocycles. The average molecular weight is 173 g/mol. The van der Waals surface area contributed by atoms with Gasteiger partial charge in [0.2, 0.25) is 0 Å². The fraction of sp³-hybridized carbons (Fsp3) is 1.00. The highest BCUT2D eigenvalue weighted by molar-refractivity contribution is 4.94.